The van der Waals surface area contributed by atoms with Crippen molar-refractivity contribution in [3.8, 4) is 0 Å². The van der Waals surface area contributed by atoms with E-state index in [-0.39, 0.29) is 17.6 Å². The molecule has 1 amide bonds. The van der Waals surface area contributed by atoms with Gasteiger partial charge in [-0.1, -0.05) is 11.3 Å². The standard InChI is InChI=1S/C19H19FN4OS/c1-23-18-11-13(4-9-17(18)21-22-23)19(25)24(12-16-3-2-10-26-16)15-7-5-14(20)6-8-15/h2-3,5-8,10,13H,4,9,11-12H2,1H3. The third-order valence-electron chi connectivity index (χ3n) is 4.84. The van der Waals surface area contributed by atoms with Gasteiger partial charge in [-0.15, -0.1) is 16.4 Å². The first-order chi connectivity index (χ1) is 12.6. The van der Waals surface area contributed by atoms with Gasteiger partial charge in [-0.25, -0.2) is 4.39 Å². The molecule has 0 saturated heterocycles. The third kappa shape index (κ3) is 3.26. The summed E-state index contributed by atoms with van der Waals surface area (Å²) in [4.78, 5) is 16.2. The Morgan fingerprint density at radius 3 is 2.88 bits per heavy atom. The molecule has 134 valence electrons. The molecular weight excluding hydrogens is 351 g/mol. The zero-order chi connectivity index (χ0) is 18.1. The average Bonchev–Trinajstić information content (AvgIpc) is 3.30. The maximum Gasteiger partial charge on any atom is 0.230 e. The summed E-state index contributed by atoms with van der Waals surface area (Å²) in [6.07, 6.45) is 2.16. The molecular formula is C19H19FN4OS. The lowest BCUT2D eigenvalue weighted by Crippen LogP contribution is -2.38. The summed E-state index contributed by atoms with van der Waals surface area (Å²) >= 11 is 1.61. The molecule has 0 bridgehead atoms. The van der Waals surface area contributed by atoms with Crippen LogP contribution in [0.3, 0.4) is 0 Å². The van der Waals surface area contributed by atoms with Crippen LogP contribution < -0.4 is 4.90 Å². The Morgan fingerprint density at radius 2 is 2.15 bits per heavy atom. The van der Waals surface area contributed by atoms with E-state index in [1.54, 1.807) is 33.1 Å². The molecule has 26 heavy (non-hydrogen) atoms. The third-order valence-corrected chi connectivity index (χ3v) is 5.70. The van der Waals surface area contributed by atoms with Gasteiger partial charge in [0.15, 0.2) is 0 Å². The minimum atomic E-state index is -0.305. The van der Waals surface area contributed by atoms with E-state index in [0.29, 0.717) is 13.0 Å². The highest BCUT2D eigenvalue weighted by molar-refractivity contribution is 7.09. The van der Waals surface area contributed by atoms with Crippen LogP contribution in [-0.2, 0) is 31.2 Å². The molecule has 4 rings (SSSR count). The summed E-state index contributed by atoms with van der Waals surface area (Å²) in [5, 5.41) is 10.2. The normalized spacial score (nSPS) is 16.3. The Labute approximate surface area is 155 Å². The molecule has 0 fully saturated rings. The number of halogens is 1. The summed E-state index contributed by atoms with van der Waals surface area (Å²) in [5.74, 6) is -0.359. The molecule has 0 radical (unpaired) electrons. The Balaban J connectivity index is 1.61. The number of carbonyl (C=O) groups is 1. The zero-order valence-corrected chi connectivity index (χ0v) is 15.2. The van der Waals surface area contributed by atoms with Crippen molar-refractivity contribution in [1.29, 1.82) is 0 Å². The second-order valence-electron chi connectivity index (χ2n) is 6.53. The van der Waals surface area contributed by atoms with Crippen molar-refractivity contribution in [3.05, 3.63) is 63.9 Å². The molecule has 0 spiro atoms. The Hall–Kier alpha value is -2.54. The summed E-state index contributed by atoms with van der Waals surface area (Å²) in [6.45, 7) is 0.495. The van der Waals surface area contributed by atoms with Gasteiger partial charge in [-0.2, -0.15) is 0 Å². The van der Waals surface area contributed by atoms with E-state index in [1.807, 2.05) is 24.6 Å². The van der Waals surface area contributed by atoms with Gasteiger partial charge < -0.3 is 4.90 Å². The quantitative estimate of drug-likeness (QED) is 0.708. The van der Waals surface area contributed by atoms with Gasteiger partial charge in [0, 0.05) is 30.0 Å². The zero-order valence-electron chi connectivity index (χ0n) is 14.4. The number of thiophene rings is 1. The first-order valence-corrected chi connectivity index (χ1v) is 9.46. The van der Waals surface area contributed by atoms with Gasteiger partial charge in [0.2, 0.25) is 5.91 Å². The Kier molecular flexibility index (Phi) is 4.55. The predicted octanol–water partition coefficient (Wildman–Crippen LogP) is 3.35. The molecule has 1 unspecified atom stereocenters. The van der Waals surface area contributed by atoms with Crippen LogP contribution in [0.5, 0.6) is 0 Å². The lowest BCUT2D eigenvalue weighted by molar-refractivity contribution is -0.122. The van der Waals surface area contributed by atoms with E-state index in [0.717, 1.165) is 34.8 Å². The highest BCUT2D eigenvalue weighted by atomic mass is 32.1. The van der Waals surface area contributed by atoms with E-state index in [4.69, 9.17) is 0 Å². The van der Waals surface area contributed by atoms with Crippen LogP contribution in [0.25, 0.3) is 0 Å². The van der Waals surface area contributed by atoms with Crippen molar-refractivity contribution in [3.63, 3.8) is 0 Å². The van der Waals surface area contributed by atoms with Crippen molar-refractivity contribution in [1.82, 2.24) is 15.0 Å². The van der Waals surface area contributed by atoms with Crippen molar-refractivity contribution in [2.75, 3.05) is 4.90 Å². The minimum Gasteiger partial charge on any atom is -0.307 e. The van der Waals surface area contributed by atoms with Gasteiger partial charge >= 0.3 is 0 Å². The van der Waals surface area contributed by atoms with Gasteiger partial charge in [0.1, 0.15) is 5.82 Å². The molecule has 2 heterocycles. The SMILES string of the molecule is Cn1nnc2c1CC(C(=O)N(Cc1cccs1)c1ccc(F)cc1)CC2. The molecule has 0 N–H and O–H groups in total. The van der Waals surface area contributed by atoms with Crippen LogP contribution in [-0.4, -0.2) is 20.9 Å². The Bertz CT molecular complexity index is 904. The van der Waals surface area contributed by atoms with E-state index >= 15 is 0 Å². The van der Waals surface area contributed by atoms with Gasteiger partial charge in [-0.3, -0.25) is 9.48 Å². The number of aromatic nitrogens is 3. The number of aryl methyl sites for hydroxylation is 2. The van der Waals surface area contributed by atoms with Crippen LogP contribution in [0.1, 0.15) is 22.7 Å². The molecule has 1 aliphatic rings. The number of hydrogen-bond donors (Lipinski definition) is 0. The minimum absolute atomic E-state index is 0.0665. The molecule has 0 aliphatic heterocycles. The lowest BCUT2D eigenvalue weighted by Gasteiger charge is -2.29. The Morgan fingerprint density at radius 1 is 1.35 bits per heavy atom. The largest absolute Gasteiger partial charge is 0.307 e. The molecule has 5 nitrogen and oxygen atoms in total. The average molecular weight is 370 g/mol. The fourth-order valence-corrected chi connectivity index (χ4v) is 4.11. The molecule has 1 aliphatic carbocycles. The van der Waals surface area contributed by atoms with E-state index in [2.05, 4.69) is 10.3 Å². The predicted molar refractivity (Wildman–Crippen MR) is 98.4 cm³/mol. The monoisotopic (exact) mass is 370 g/mol. The molecule has 1 aromatic carbocycles. The number of rotatable bonds is 4. The van der Waals surface area contributed by atoms with Crippen molar-refractivity contribution in [2.45, 2.75) is 25.8 Å². The molecule has 1 atom stereocenters. The summed E-state index contributed by atoms with van der Waals surface area (Å²) < 4.78 is 15.1. The lowest BCUT2D eigenvalue weighted by atomic mass is 9.88. The highest BCUT2D eigenvalue weighted by Gasteiger charge is 2.31. The van der Waals surface area contributed by atoms with E-state index in [9.17, 15) is 9.18 Å². The topological polar surface area (TPSA) is 51.0 Å². The van der Waals surface area contributed by atoms with Crippen molar-refractivity contribution >= 4 is 22.9 Å². The fourth-order valence-electron chi connectivity index (χ4n) is 3.42. The molecule has 7 heteroatoms. The number of hydrogen-bond acceptors (Lipinski definition) is 4. The number of anilines is 1. The van der Waals surface area contributed by atoms with Crippen molar-refractivity contribution in [2.24, 2.45) is 13.0 Å². The maximum absolute atomic E-state index is 13.3. The van der Waals surface area contributed by atoms with Crippen LogP contribution >= 0.6 is 11.3 Å². The second kappa shape index (κ2) is 6.99. The van der Waals surface area contributed by atoms with Crippen LogP contribution in [0, 0.1) is 11.7 Å². The van der Waals surface area contributed by atoms with Gasteiger partial charge in [0.05, 0.1) is 17.9 Å². The number of fused-ring (bicyclic) bond motifs is 1. The molecule has 0 saturated carbocycles. The summed E-state index contributed by atoms with van der Waals surface area (Å²) in [5.41, 5.74) is 2.74. The summed E-state index contributed by atoms with van der Waals surface area (Å²) in [6, 6.07) is 10.1. The molecule has 2 aromatic heterocycles. The first-order valence-electron chi connectivity index (χ1n) is 8.58. The fraction of sp³-hybridized carbons (Fsp3) is 0.316. The summed E-state index contributed by atoms with van der Waals surface area (Å²) in [7, 11) is 1.86. The van der Waals surface area contributed by atoms with Crippen molar-refractivity contribution < 1.29 is 9.18 Å². The van der Waals surface area contributed by atoms with Gasteiger partial charge in [0.25, 0.3) is 0 Å². The maximum atomic E-state index is 13.3. The van der Waals surface area contributed by atoms with E-state index < -0.39 is 0 Å². The highest BCUT2D eigenvalue weighted by Crippen LogP contribution is 2.29. The number of benzene rings is 1. The van der Waals surface area contributed by atoms with Crippen LogP contribution in [0.2, 0.25) is 0 Å². The number of nitrogens with zero attached hydrogens (tertiary/aromatic N) is 4. The smallest absolute Gasteiger partial charge is 0.230 e. The van der Waals surface area contributed by atoms with E-state index in [1.165, 1.54) is 12.1 Å². The van der Waals surface area contributed by atoms with Crippen LogP contribution in [0.15, 0.2) is 41.8 Å². The number of carbonyl (C=O) groups excluding carboxylic acids is 1. The number of amides is 1. The van der Waals surface area contributed by atoms with Gasteiger partial charge in [-0.05, 0) is 48.6 Å². The molecule has 3 aromatic rings. The first kappa shape index (κ1) is 16.9. The van der Waals surface area contributed by atoms with Crippen LogP contribution in [0.4, 0.5) is 10.1 Å². The second-order valence-corrected chi connectivity index (χ2v) is 7.56.